The molecule has 0 amide bonds. The Morgan fingerprint density at radius 1 is 1.11 bits per heavy atom. The predicted octanol–water partition coefficient (Wildman–Crippen LogP) is 4.44. The highest BCUT2D eigenvalue weighted by Crippen LogP contribution is 2.40. The Hall–Kier alpha value is -4.18. The molecule has 182 valence electrons. The van der Waals surface area contributed by atoms with E-state index in [1.807, 2.05) is 31.2 Å². The van der Waals surface area contributed by atoms with Crippen LogP contribution in [0.4, 0.5) is 11.8 Å². The summed E-state index contributed by atoms with van der Waals surface area (Å²) < 4.78 is 27.8. The molecule has 1 aliphatic carbocycles. The van der Waals surface area contributed by atoms with Gasteiger partial charge in [0.25, 0.3) is 10.0 Å². The Bertz CT molecular complexity index is 1680. The molecule has 0 atom stereocenters. The van der Waals surface area contributed by atoms with Gasteiger partial charge >= 0.3 is 0 Å². The zero-order valence-corrected chi connectivity index (χ0v) is 20.5. The Morgan fingerprint density at radius 3 is 2.67 bits per heavy atom. The molecule has 0 aliphatic heterocycles. The number of hydrogen-bond donors (Lipinski definition) is 3. The molecule has 36 heavy (non-hydrogen) atoms. The van der Waals surface area contributed by atoms with Crippen LogP contribution in [0.3, 0.4) is 0 Å². The van der Waals surface area contributed by atoms with E-state index in [0.29, 0.717) is 35.3 Å². The maximum absolute atomic E-state index is 13.2. The number of anilines is 2. The molecule has 1 fully saturated rings. The number of hydrogen-bond acceptors (Lipinski definition) is 7. The van der Waals surface area contributed by atoms with Crippen molar-refractivity contribution in [1.29, 1.82) is 0 Å². The molecule has 2 aromatic carbocycles. The van der Waals surface area contributed by atoms with Crippen LogP contribution in [0.15, 0.2) is 71.9 Å². The van der Waals surface area contributed by atoms with Crippen molar-refractivity contribution in [2.45, 2.75) is 37.1 Å². The third-order valence-electron chi connectivity index (χ3n) is 6.46. The zero-order chi connectivity index (χ0) is 24.9. The summed E-state index contributed by atoms with van der Waals surface area (Å²) in [5.41, 5.74) is 11.2. The van der Waals surface area contributed by atoms with Crippen LogP contribution in [-0.4, -0.2) is 32.6 Å². The number of nitrogens with two attached hydrogens (primary N) is 1. The lowest BCUT2D eigenvalue weighted by Gasteiger charge is -2.10. The van der Waals surface area contributed by atoms with Crippen molar-refractivity contribution in [2.75, 3.05) is 11.1 Å². The van der Waals surface area contributed by atoms with Crippen molar-refractivity contribution < 1.29 is 8.42 Å². The summed E-state index contributed by atoms with van der Waals surface area (Å²) in [6.07, 6.45) is 5.62. The molecule has 1 saturated carbocycles. The van der Waals surface area contributed by atoms with Gasteiger partial charge in [-0.25, -0.2) is 17.4 Å². The zero-order valence-electron chi connectivity index (χ0n) is 19.6. The molecule has 0 radical (unpaired) electrons. The predicted molar refractivity (Wildman–Crippen MR) is 139 cm³/mol. The second-order valence-electron chi connectivity index (χ2n) is 9.15. The van der Waals surface area contributed by atoms with E-state index in [9.17, 15) is 8.42 Å². The molecule has 10 heteroatoms. The number of aromatic amines is 1. The second kappa shape index (κ2) is 8.49. The van der Waals surface area contributed by atoms with Crippen molar-refractivity contribution in [3.63, 3.8) is 0 Å². The smallest absolute Gasteiger partial charge is 0.268 e. The third-order valence-corrected chi connectivity index (χ3v) is 8.16. The molecular formula is C26H25N7O2S. The number of aryl methyl sites for hydroxylation is 1. The number of H-pyrrole nitrogens is 1. The average Bonchev–Trinajstić information content (AvgIpc) is 3.44. The topological polar surface area (TPSA) is 132 Å². The fourth-order valence-corrected chi connectivity index (χ4v) is 5.57. The maximum atomic E-state index is 13.2. The Kier molecular flexibility index (Phi) is 5.26. The van der Waals surface area contributed by atoms with Crippen LogP contribution < -0.4 is 11.1 Å². The van der Waals surface area contributed by atoms with Gasteiger partial charge in [-0.2, -0.15) is 10.1 Å². The molecule has 5 aromatic rings. The first-order valence-corrected chi connectivity index (χ1v) is 13.2. The van der Waals surface area contributed by atoms with E-state index in [1.165, 1.54) is 16.8 Å². The van der Waals surface area contributed by atoms with Gasteiger partial charge < -0.3 is 11.1 Å². The first-order valence-electron chi connectivity index (χ1n) is 11.7. The minimum absolute atomic E-state index is 0.249. The summed E-state index contributed by atoms with van der Waals surface area (Å²) in [5.74, 6) is 1.30. The fraction of sp³-hybridized carbons (Fsp3) is 0.192. The minimum Gasteiger partial charge on any atom is -0.383 e. The first-order chi connectivity index (χ1) is 17.4. The minimum atomic E-state index is -3.71. The quantitative estimate of drug-likeness (QED) is 0.302. The van der Waals surface area contributed by atoms with Gasteiger partial charge in [0.05, 0.1) is 21.7 Å². The van der Waals surface area contributed by atoms with Crippen molar-refractivity contribution in [2.24, 2.45) is 0 Å². The van der Waals surface area contributed by atoms with Crippen molar-refractivity contribution in [3.8, 4) is 11.3 Å². The van der Waals surface area contributed by atoms with Crippen LogP contribution in [0.25, 0.3) is 22.2 Å². The van der Waals surface area contributed by atoms with Gasteiger partial charge in [0.1, 0.15) is 5.82 Å². The van der Waals surface area contributed by atoms with Crippen LogP contribution in [0.5, 0.6) is 0 Å². The first kappa shape index (κ1) is 22.3. The number of aromatic nitrogens is 5. The average molecular weight is 500 g/mol. The van der Waals surface area contributed by atoms with E-state index < -0.39 is 10.0 Å². The fourth-order valence-electron chi connectivity index (χ4n) is 4.23. The Labute approximate surface area is 208 Å². The number of benzene rings is 2. The number of nitrogen functional groups attached to an aromatic ring is 1. The molecule has 0 spiro atoms. The second-order valence-corrected chi connectivity index (χ2v) is 11.0. The van der Waals surface area contributed by atoms with Crippen molar-refractivity contribution in [3.05, 3.63) is 83.8 Å². The summed E-state index contributed by atoms with van der Waals surface area (Å²) in [7, 11) is -3.71. The monoisotopic (exact) mass is 499 g/mol. The van der Waals surface area contributed by atoms with E-state index in [-0.39, 0.29) is 4.90 Å². The summed E-state index contributed by atoms with van der Waals surface area (Å²) in [5, 5.41) is 11.4. The van der Waals surface area contributed by atoms with Crippen LogP contribution in [0.2, 0.25) is 0 Å². The molecule has 0 bridgehead atoms. The molecule has 0 saturated heterocycles. The molecule has 3 aromatic heterocycles. The van der Waals surface area contributed by atoms with Gasteiger partial charge in [-0.05, 0) is 55.7 Å². The molecule has 9 nitrogen and oxygen atoms in total. The summed E-state index contributed by atoms with van der Waals surface area (Å²) in [6.45, 7) is 2.33. The summed E-state index contributed by atoms with van der Waals surface area (Å²) >= 11 is 0. The Balaban J connectivity index is 1.22. The molecule has 4 N–H and O–H groups in total. The third kappa shape index (κ3) is 4.09. The highest BCUT2D eigenvalue weighted by molar-refractivity contribution is 7.90. The Morgan fingerprint density at radius 2 is 1.92 bits per heavy atom. The number of fused-ring (bicyclic) bond motifs is 1. The van der Waals surface area contributed by atoms with Gasteiger partial charge in [-0.15, -0.1) is 0 Å². The van der Waals surface area contributed by atoms with Gasteiger partial charge in [0.2, 0.25) is 5.95 Å². The SMILES string of the molecule is Cc1ccc(S(=O)(=O)n2ccc3ccc(CNc4ncc(-c5cc(C6CC6)[nH]n5)c(N)n4)cc32)cc1. The summed E-state index contributed by atoms with van der Waals surface area (Å²) in [6, 6.07) is 16.4. The van der Waals surface area contributed by atoms with E-state index >= 15 is 0 Å². The van der Waals surface area contributed by atoms with E-state index in [4.69, 9.17) is 5.73 Å². The van der Waals surface area contributed by atoms with Crippen LogP contribution in [-0.2, 0) is 16.6 Å². The molecular weight excluding hydrogens is 474 g/mol. The van der Waals surface area contributed by atoms with Gasteiger partial charge in [0, 0.05) is 35.9 Å². The van der Waals surface area contributed by atoms with E-state index in [2.05, 4.69) is 25.5 Å². The van der Waals surface area contributed by atoms with E-state index in [0.717, 1.165) is 27.9 Å². The normalized spacial score (nSPS) is 13.8. The largest absolute Gasteiger partial charge is 0.383 e. The number of nitrogens with one attached hydrogen (secondary N) is 2. The van der Waals surface area contributed by atoms with Crippen molar-refractivity contribution in [1.82, 2.24) is 24.1 Å². The standard InChI is InChI=1S/C26H25N7O2S/c1-16-2-8-20(9-3-16)36(34,35)33-11-10-19-5-4-17(12-24(19)33)14-28-26-29-15-21(25(27)30-26)23-13-22(31-32-23)18-6-7-18/h2-5,8-13,15,18H,6-7,14H2,1H3,(H,31,32)(H3,27,28,29,30). The lowest BCUT2D eigenvalue weighted by Crippen LogP contribution is -2.12. The molecule has 3 heterocycles. The molecule has 6 rings (SSSR count). The molecule has 1 aliphatic rings. The number of rotatable bonds is 7. The highest BCUT2D eigenvalue weighted by Gasteiger charge is 2.26. The lowest BCUT2D eigenvalue weighted by molar-refractivity contribution is 0.589. The van der Waals surface area contributed by atoms with Crippen molar-refractivity contribution >= 4 is 32.7 Å². The van der Waals surface area contributed by atoms with E-state index in [1.54, 1.807) is 42.7 Å². The van der Waals surface area contributed by atoms with Crippen LogP contribution >= 0.6 is 0 Å². The van der Waals surface area contributed by atoms with Gasteiger partial charge in [0.15, 0.2) is 0 Å². The van der Waals surface area contributed by atoms with Gasteiger partial charge in [-0.1, -0.05) is 29.8 Å². The maximum Gasteiger partial charge on any atom is 0.268 e. The van der Waals surface area contributed by atoms with Crippen LogP contribution in [0, 0.1) is 6.92 Å². The van der Waals surface area contributed by atoms with Crippen LogP contribution in [0.1, 0.15) is 35.6 Å². The highest BCUT2D eigenvalue weighted by atomic mass is 32.2. The van der Waals surface area contributed by atoms with Gasteiger partial charge in [-0.3, -0.25) is 5.10 Å². The molecule has 0 unspecified atom stereocenters. The summed E-state index contributed by atoms with van der Waals surface area (Å²) in [4.78, 5) is 9.04. The number of nitrogens with zero attached hydrogens (tertiary/aromatic N) is 4. The lowest BCUT2D eigenvalue weighted by atomic mass is 10.1.